The number of aromatic nitrogens is 1. The lowest BCUT2D eigenvalue weighted by molar-refractivity contribution is -0.123. The number of methoxy groups -OCH3 is 1. The summed E-state index contributed by atoms with van der Waals surface area (Å²) in [6, 6.07) is 17.1. The molecule has 1 amide bonds. The van der Waals surface area contributed by atoms with Crippen molar-refractivity contribution in [2.45, 2.75) is 13.5 Å². The Bertz CT molecular complexity index is 861. The molecule has 0 saturated carbocycles. The van der Waals surface area contributed by atoms with Gasteiger partial charge in [0.05, 0.1) is 19.3 Å². The summed E-state index contributed by atoms with van der Waals surface area (Å²) in [5, 5.41) is 3.84. The van der Waals surface area contributed by atoms with E-state index in [1.54, 1.807) is 42.7 Å². The van der Waals surface area contributed by atoms with Gasteiger partial charge in [0.1, 0.15) is 16.5 Å². The van der Waals surface area contributed by atoms with Crippen LogP contribution in [0.4, 0.5) is 0 Å². The van der Waals surface area contributed by atoms with Gasteiger partial charge in [-0.15, -0.1) is 11.3 Å². The van der Waals surface area contributed by atoms with E-state index in [1.165, 1.54) is 0 Å². The third-order valence-electron chi connectivity index (χ3n) is 3.79. The van der Waals surface area contributed by atoms with Crippen LogP contribution in [0.15, 0.2) is 54.6 Å². The van der Waals surface area contributed by atoms with E-state index in [4.69, 9.17) is 9.47 Å². The van der Waals surface area contributed by atoms with Gasteiger partial charge in [-0.25, -0.2) is 4.98 Å². The van der Waals surface area contributed by atoms with Gasteiger partial charge in [0, 0.05) is 10.4 Å². The minimum atomic E-state index is -0.171. The zero-order chi connectivity index (χ0) is 18.4. The molecule has 3 rings (SSSR count). The van der Waals surface area contributed by atoms with Crippen LogP contribution in [0, 0.1) is 6.92 Å². The zero-order valence-corrected chi connectivity index (χ0v) is 15.5. The molecule has 0 fully saturated rings. The van der Waals surface area contributed by atoms with E-state index < -0.39 is 0 Å². The summed E-state index contributed by atoms with van der Waals surface area (Å²) in [7, 11) is 1.61. The summed E-state index contributed by atoms with van der Waals surface area (Å²) in [5.74, 6) is 1.20. The van der Waals surface area contributed by atoms with Crippen LogP contribution >= 0.6 is 11.3 Å². The summed E-state index contributed by atoms with van der Waals surface area (Å²) in [6.07, 6.45) is 0. The van der Waals surface area contributed by atoms with Crippen LogP contribution in [-0.2, 0) is 11.3 Å². The molecule has 0 atom stereocenters. The molecule has 0 spiro atoms. The number of carbonyl (C=O) groups is 1. The molecule has 2 aromatic carbocycles. The Kier molecular flexibility index (Phi) is 5.86. The monoisotopic (exact) mass is 368 g/mol. The molecule has 0 unspecified atom stereocenters. The number of nitrogens with one attached hydrogen (secondary N) is 1. The number of rotatable bonds is 7. The second-order valence-electron chi connectivity index (χ2n) is 5.63. The Morgan fingerprint density at radius 2 is 1.77 bits per heavy atom. The first-order chi connectivity index (χ1) is 12.7. The van der Waals surface area contributed by atoms with Crippen LogP contribution in [0.5, 0.6) is 11.5 Å². The van der Waals surface area contributed by atoms with E-state index in [1.807, 2.05) is 37.3 Å². The van der Waals surface area contributed by atoms with E-state index in [9.17, 15) is 4.79 Å². The molecule has 0 radical (unpaired) electrons. The van der Waals surface area contributed by atoms with E-state index >= 15 is 0 Å². The van der Waals surface area contributed by atoms with Crippen LogP contribution in [0.1, 0.15) is 10.6 Å². The molecule has 0 saturated heterocycles. The molecule has 26 heavy (non-hydrogen) atoms. The number of carbonyl (C=O) groups excluding carboxylic acids is 1. The molecule has 1 aromatic heterocycles. The van der Waals surface area contributed by atoms with Crippen molar-refractivity contribution in [3.63, 3.8) is 0 Å². The maximum atomic E-state index is 12.0. The standard InChI is InChI=1S/C20H20N2O3S/c1-14-18(26-20(22-14)15-6-4-3-5-7-15)12-21-19(23)13-25-17-10-8-16(24-2)9-11-17/h3-11H,12-13H2,1-2H3,(H,21,23). The first-order valence-corrected chi connectivity index (χ1v) is 9.02. The van der Waals surface area contributed by atoms with Gasteiger partial charge in [-0.1, -0.05) is 30.3 Å². The Hall–Kier alpha value is -2.86. The van der Waals surface area contributed by atoms with Gasteiger partial charge in [-0.05, 0) is 31.2 Å². The Labute approximate surface area is 156 Å². The normalized spacial score (nSPS) is 10.4. The number of amides is 1. The smallest absolute Gasteiger partial charge is 0.258 e. The summed E-state index contributed by atoms with van der Waals surface area (Å²) >= 11 is 1.59. The lowest BCUT2D eigenvalue weighted by Gasteiger charge is -2.07. The number of aryl methyl sites for hydroxylation is 1. The second-order valence-corrected chi connectivity index (χ2v) is 6.72. The van der Waals surface area contributed by atoms with E-state index in [0.29, 0.717) is 12.3 Å². The number of hydrogen-bond donors (Lipinski definition) is 1. The molecule has 3 aromatic rings. The summed E-state index contributed by atoms with van der Waals surface area (Å²) < 4.78 is 10.6. The number of benzene rings is 2. The minimum Gasteiger partial charge on any atom is -0.497 e. The van der Waals surface area contributed by atoms with Crippen molar-refractivity contribution in [3.05, 3.63) is 65.2 Å². The van der Waals surface area contributed by atoms with Gasteiger partial charge >= 0.3 is 0 Å². The predicted molar refractivity (Wildman–Crippen MR) is 103 cm³/mol. The van der Waals surface area contributed by atoms with Crippen LogP contribution in [0.3, 0.4) is 0 Å². The highest BCUT2D eigenvalue weighted by Crippen LogP contribution is 2.27. The first kappa shape index (κ1) is 17.9. The first-order valence-electron chi connectivity index (χ1n) is 8.21. The fourth-order valence-electron chi connectivity index (χ4n) is 2.35. The molecular formula is C20H20N2O3S. The lowest BCUT2D eigenvalue weighted by atomic mass is 10.2. The van der Waals surface area contributed by atoms with E-state index in [-0.39, 0.29) is 12.5 Å². The van der Waals surface area contributed by atoms with Gasteiger partial charge in [0.2, 0.25) is 0 Å². The lowest BCUT2D eigenvalue weighted by Crippen LogP contribution is -2.28. The second kappa shape index (κ2) is 8.49. The molecule has 0 bridgehead atoms. The predicted octanol–water partition coefficient (Wildman–Crippen LogP) is 3.82. The van der Waals surface area contributed by atoms with Crippen LogP contribution in [0.25, 0.3) is 10.6 Å². The Morgan fingerprint density at radius 1 is 1.08 bits per heavy atom. The maximum Gasteiger partial charge on any atom is 0.258 e. The van der Waals surface area contributed by atoms with Crippen LogP contribution in [-0.4, -0.2) is 24.6 Å². The van der Waals surface area contributed by atoms with Crippen molar-refractivity contribution in [2.24, 2.45) is 0 Å². The van der Waals surface area contributed by atoms with Crippen LogP contribution < -0.4 is 14.8 Å². The average Bonchev–Trinajstić information content (AvgIpc) is 3.06. The topological polar surface area (TPSA) is 60.5 Å². The number of thiazole rings is 1. The molecule has 0 aliphatic rings. The Morgan fingerprint density at radius 3 is 2.46 bits per heavy atom. The highest BCUT2D eigenvalue weighted by molar-refractivity contribution is 7.15. The molecular weight excluding hydrogens is 348 g/mol. The summed E-state index contributed by atoms with van der Waals surface area (Å²) in [6.45, 7) is 2.37. The summed E-state index contributed by atoms with van der Waals surface area (Å²) in [5.41, 5.74) is 2.02. The fourth-order valence-corrected chi connectivity index (χ4v) is 3.35. The van der Waals surface area contributed by atoms with Gasteiger partial charge in [-0.3, -0.25) is 4.79 Å². The number of ether oxygens (including phenoxy) is 2. The van der Waals surface area contributed by atoms with Gasteiger partial charge in [0.25, 0.3) is 5.91 Å². The van der Waals surface area contributed by atoms with Crippen molar-refractivity contribution in [1.29, 1.82) is 0 Å². The Balaban J connectivity index is 1.52. The quantitative estimate of drug-likeness (QED) is 0.689. The molecule has 0 aliphatic heterocycles. The van der Waals surface area contributed by atoms with Gasteiger partial charge < -0.3 is 14.8 Å². The highest BCUT2D eigenvalue weighted by Gasteiger charge is 2.11. The van der Waals surface area contributed by atoms with Crippen molar-refractivity contribution >= 4 is 17.2 Å². The number of hydrogen-bond acceptors (Lipinski definition) is 5. The molecule has 6 heteroatoms. The average molecular weight is 368 g/mol. The fraction of sp³-hybridized carbons (Fsp3) is 0.200. The molecule has 0 aliphatic carbocycles. The van der Waals surface area contributed by atoms with Crippen LogP contribution in [0.2, 0.25) is 0 Å². The molecule has 1 heterocycles. The van der Waals surface area contributed by atoms with Crippen molar-refractivity contribution in [3.8, 4) is 22.1 Å². The third-order valence-corrected chi connectivity index (χ3v) is 5.00. The largest absolute Gasteiger partial charge is 0.497 e. The molecule has 5 nitrogen and oxygen atoms in total. The van der Waals surface area contributed by atoms with E-state index in [2.05, 4.69) is 10.3 Å². The minimum absolute atomic E-state index is 0.0320. The highest BCUT2D eigenvalue weighted by atomic mass is 32.1. The summed E-state index contributed by atoms with van der Waals surface area (Å²) in [4.78, 5) is 17.7. The molecule has 1 N–H and O–H groups in total. The van der Waals surface area contributed by atoms with Gasteiger partial charge in [0.15, 0.2) is 6.61 Å². The number of nitrogens with zero attached hydrogens (tertiary/aromatic N) is 1. The molecule has 134 valence electrons. The SMILES string of the molecule is COc1ccc(OCC(=O)NCc2sc(-c3ccccc3)nc2C)cc1. The van der Waals surface area contributed by atoms with E-state index in [0.717, 1.165) is 26.9 Å². The third kappa shape index (κ3) is 4.61. The maximum absolute atomic E-state index is 12.0. The van der Waals surface area contributed by atoms with Crippen molar-refractivity contribution in [2.75, 3.05) is 13.7 Å². The van der Waals surface area contributed by atoms with Gasteiger partial charge in [-0.2, -0.15) is 0 Å². The van der Waals surface area contributed by atoms with Crippen molar-refractivity contribution in [1.82, 2.24) is 10.3 Å². The van der Waals surface area contributed by atoms with Crippen molar-refractivity contribution < 1.29 is 14.3 Å². The zero-order valence-electron chi connectivity index (χ0n) is 14.7.